The van der Waals surface area contributed by atoms with Gasteiger partial charge in [-0.1, -0.05) is 23.4 Å². The van der Waals surface area contributed by atoms with Crippen LogP contribution in [-0.2, 0) is 6.54 Å². The highest BCUT2D eigenvalue weighted by Gasteiger charge is 2.21. The molecule has 24 heavy (non-hydrogen) atoms. The Kier molecular flexibility index (Phi) is 5.79. The molecule has 1 aliphatic heterocycles. The van der Waals surface area contributed by atoms with E-state index in [-0.39, 0.29) is 0 Å². The van der Waals surface area contributed by atoms with Crippen LogP contribution in [0, 0.1) is 6.92 Å². The minimum Gasteiger partial charge on any atom is -0.491 e. The summed E-state index contributed by atoms with van der Waals surface area (Å²) >= 11 is 0. The third kappa shape index (κ3) is 5.02. The molecular formula is C17H24N4O3. The summed E-state index contributed by atoms with van der Waals surface area (Å²) in [6.45, 7) is 7.12. The third-order valence-corrected chi connectivity index (χ3v) is 4.05. The van der Waals surface area contributed by atoms with E-state index < -0.39 is 6.10 Å². The van der Waals surface area contributed by atoms with E-state index in [1.807, 2.05) is 37.3 Å². The molecule has 3 rings (SSSR count). The van der Waals surface area contributed by atoms with Gasteiger partial charge in [-0.05, 0) is 19.1 Å². The Labute approximate surface area is 141 Å². The Hall–Kier alpha value is -1.96. The molecule has 0 spiro atoms. The molecule has 1 aromatic heterocycles. The lowest BCUT2D eigenvalue weighted by atomic mass is 10.2. The van der Waals surface area contributed by atoms with Gasteiger partial charge in [0.1, 0.15) is 18.5 Å². The summed E-state index contributed by atoms with van der Waals surface area (Å²) in [5, 5.41) is 14.0. The molecule has 7 nitrogen and oxygen atoms in total. The van der Waals surface area contributed by atoms with Gasteiger partial charge < -0.3 is 14.4 Å². The van der Waals surface area contributed by atoms with Gasteiger partial charge in [0, 0.05) is 32.7 Å². The first kappa shape index (κ1) is 16.9. The molecule has 2 aromatic rings. The SMILES string of the molecule is Cc1noc(CN2CCN(CC(O)COc3ccccc3)CC2)n1. The third-order valence-electron chi connectivity index (χ3n) is 4.05. The molecule has 0 saturated carbocycles. The molecule has 1 fully saturated rings. The van der Waals surface area contributed by atoms with Crippen LogP contribution in [-0.4, -0.2) is 70.5 Å². The molecule has 0 radical (unpaired) electrons. The first-order valence-corrected chi connectivity index (χ1v) is 8.29. The number of hydrogen-bond donors (Lipinski definition) is 1. The van der Waals surface area contributed by atoms with Crippen LogP contribution < -0.4 is 4.74 Å². The van der Waals surface area contributed by atoms with Crippen LogP contribution in [0.2, 0.25) is 0 Å². The Balaban J connectivity index is 1.35. The number of para-hydroxylation sites is 1. The van der Waals surface area contributed by atoms with Crippen LogP contribution >= 0.6 is 0 Å². The van der Waals surface area contributed by atoms with E-state index in [1.54, 1.807) is 0 Å². The number of aliphatic hydroxyl groups excluding tert-OH is 1. The van der Waals surface area contributed by atoms with Crippen molar-refractivity contribution in [3.63, 3.8) is 0 Å². The normalized spacial score (nSPS) is 17.8. The van der Waals surface area contributed by atoms with E-state index in [4.69, 9.17) is 9.26 Å². The van der Waals surface area contributed by atoms with Crippen LogP contribution in [0.5, 0.6) is 5.75 Å². The maximum atomic E-state index is 10.2. The number of piperazine rings is 1. The number of nitrogens with zero attached hydrogens (tertiary/aromatic N) is 4. The molecule has 130 valence electrons. The second-order valence-corrected chi connectivity index (χ2v) is 6.09. The number of aromatic nitrogens is 2. The van der Waals surface area contributed by atoms with Crippen molar-refractivity contribution < 1.29 is 14.4 Å². The lowest BCUT2D eigenvalue weighted by Gasteiger charge is -2.34. The number of benzene rings is 1. The van der Waals surface area contributed by atoms with E-state index in [9.17, 15) is 5.11 Å². The van der Waals surface area contributed by atoms with Crippen LogP contribution in [0.4, 0.5) is 0 Å². The Morgan fingerprint density at radius 2 is 1.88 bits per heavy atom. The van der Waals surface area contributed by atoms with Gasteiger partial charge in [-0.3, -0.25) is 9.80 Å². The summed E-state index contributed by atoms with van der Waals surface area (Å²) in [4.78, 5) is 8.78. The van der Waals surface area contributed by atoms with Crippen molar-refractivity contribution >= 4 is 0 Å². The van der Waals surface area contributed by atoms with Crippen molar-refractivity contribution in [2.45, 2.75) is 19.6 Å². The molecule has 1 atom stereocenters. The smallest absolute Gasteiger partial charge is 0.240 e. The van der Waals surface area contributed by atoms with Crippen LogP contribution in [0.1, 0.15) is 11.7 Å². The van der Waals surface area contributed by atoms with Crippen LogP contribution in [0.15, 0.2) is 34.9 Å². The Morgan fingerprint density at radius 3 is 2.54 bits per heavy atom. The standard InChI is InChI=1S/C17H24N4O3/c1-14-18-17(24-19-14)12-21-9-7-20(8-10-21)11-15(22)13-23-16-5-3-2-4-6-16/h2-6,15,22H,7-13H2,1H3. The summed E-state index contributed by atoms with van der Waals surface area (Å²) < 4.78 is 10.8. The van der Waals surface area contributed by atoms with Gasteiger partial charge in [0.25, 0.3) is 0 Å². The number of ether oxygens (including phenoxy) is 1. The first-order chi connectivity index (χ1) is 11.7. The largest absolute Gasteiger partial charge is 0.491 e. The highest BCUT2D eigenvalue weighted by atomic mass is 16.5. The zero-order chi connectivity index (χ0) is 16.8. The Morgan fingerprint density at radius 1 is 1.17 bits per heavy atom. The fraction of sp³-hybridized carbons (Fsp3) is 0.529. The summed E-state index contributed by atoms with van der Waals surface area (Å²) in [7, 11) is 0. The fourth-order valence-corrected chi connectivity index (χ4v) is 2.79. The predicted molar refractivity (Wildman–Crippen MR) is 88.7 cm³/mol. The molecule has 1 aliphatic rings. The number of aryl methyl sites for hydroxylation is 1. The van der Waals surface area contributed by atoms with Crippen molar-refractivity contribution in [3.8, 4) is 5.75 Å². The molecule has 0 aliphatic carbocycles. The number of rotatable bonds is 7. The quantitative estimate of drug-likeness (QED) is 0.808. The maximum absolute atomic E-state index is 10.2. The van der Waals surface area contributed by atoms with Gasteiger partial charge in [0.05, 0.1) is 6.54 Å². The molecule has 1 aromatic carbocycles. The van der Waals surface area contributed by atoms with Gasteiger partial charge in [0.2, 0.25) is 5.89 Å². The summed E-state index contributed by atoms with van der Waals surface area (Å²) in [5.74, 6) is 2.12. The van der Waals surface area contributed by atoms with E-state index in [1.165, 1.54) is 0 Å². The second kappa shape index (κ2) is 8.23. The van der Waals surface area contributed by atoms with Crippen molar-refractivity contribution in [2.24, 2.45) is 0 Å². The van der Waals surface area contributed by atoms with Gasteiger partial charge >= 0.3 is 0 Å². The van der Waals surface area contributed by atoms with E-state index in [2.05, 4.69) is 19.9 Å². The molecular weight excluding hydrogens is 308 g/mol. The highest BCUT2D eigenvalue weighted by Crippen LogP contribution is 2.10. The van der Waals surface area contributed by atoms with Crippen molar-refractivity contribution in [2.75, 3.05) is 39.3 Å². The summed E-state index contributed by atoms with van der Waals surface area (Å²) in [6, 6.07) is 9.57. The van der Waals surface area contributed by atoms with Gasteiger partial charge in [-0.2, -0.15) is 4.98 Å². The average Bonchev–Trinajstić information content (AvgIpc) is 3.01. The average molecular weight is 332 g/mol. The number of aliphatic hydroxyl groups is 1. The fourth-order valence-electron chi connectivity index (χ4n) is 2.79. The summed E-state index contributed by atoms with van der Waals surface area (Å²) in [6.07, 6.45) is -0.490. The number of hydrogen-bond acceptors (Lipinski definition) is 7. The van der Waals surface area contributed by atoms with Gasteiger partial charge in [-0.15, -0.1) is 0 Å². The topological polar surface area (TPSA) is 74.9 Å². The zero-order valence-electron chi connectivity index (χ0n) is 14.0. The summed E-state index contributed by atoms with van der Waals surface area (Å²) in [5.41, 5.74) is 0. The van der Waals surface area contributed by atoms with Crippen molar-refractivity contribution in [1.29, 1.82) is 0 Å². The van der Waals surface area contributed by atoms with Crippen LogP contribution in [0.3, 0.4) is 0 Å². The lowest BCUT2D eigenvalue weighted by molar-refractivity contribution is 0.0426. The first-order valence-electron chi connectivity index (χ1n) is 8.29. The maximum Gasteiger partial charge on any atom is 0.240 e. The molecule has 7 heteroatoms. The van der Waals surface area contributed by atoms with E-state index >= 15 is 0 Å². The van der Waals surface area contributed by atoms with Crippen LogP contribution in [0.25, 0.3) is 0 Å². The monoisotopic (exact) mass is 332 g/mol. The van der Waals surface area contributed by atoms with Crippen molar-refractivity contribution in [3.05, 3.63) is 42.0 Å². The van der Waals surface area contributed by atoms with E-state index in [0.29, 0.717) is 31.4 Å². The minimum absolute atomic E-state index is 0.311. The Bertz CT molecular complexity index is 611. The molecule has 1 saturated heterocycles. The molecule has 2 heterocycles. The van der Waals surface area contributed by atoms with Gasteiger partial charge in [0.15, 0.2) is 5.82 Å². The molecule has 1 N–H and O–H groups in total. The zero-order valence-corrected chi connectivity index (χ0v) is 14.0. The molecule has 0 amide bonds. The molecule has 0 bridgehead atoms. The lowest BCUT2D eigenvalue weighted by Crippen LogP contribution is -2.48. The van der Waals surface area contributed by atoms with Gasteiger partial charge in [-0.25, -0.2) is 0 Å². The van der Waals surface area contributed by atoms with E-state index in [0.717, 1.165) is 31.9 Å². The predicted octanol–water partition coefficient (Wildman–Crippen LogP) is 0.936. The molecule has 1 unspecified atom stereocenters. The highest BCUT2D eigenvalue weighted by molar-refractivity contribution is 5.20. The van der Waals surface area contributed by atoms with Crippen molar-refractivity contribution in [1.82, 2.24) is 19.9 Å². The number of β-amino-alcohol motifs (C(OH)–C–C–N with tert-alkyl or cyclic N) is 1. The second-order valence-electron chi connectivity index (χ2n) is 6.09. The minimum atomic E-state index is -0.490.